The highest BCUT2D eigenvalue weighted by atomic mass is 19.4. The van der Waals surface area contributed by atoms with Gasteiger partial charge in [0.15, 0.2) is 0 Å². The van der Waals surface area contributed by atoms with E-state index in [0.29, 0.717) is 25.5 Å². The smallest absolute Gasteiger partial charge is 0.329 e. The van der Waals surface area contributed by atoms with Crippen LogP contribution in [0.3, 0.4) is 0 Å². The molecular formula is C16H16F4N2O2. The third-order valence-corrected chi connectivity index (χ3v) is 4.65. The number of amides is 2. The van der Waals surface area contributed by atoms with Gasteiger partial charge in [0.1, 0.15) is 17.9 Å². The van der Waals surface area contributed by atoms with Crippen molar-refractivity contribution in [1.82, 2.24) is 9.80 Å². The summed E-state index contributed by atoms with van der Waals surface area (Å²) < 4.78 is 52.6. The van der Waals surface area contributed by atoms with Gasteiger partial charge in [-0.05, 0) is 25.8 Å². The fourth-order valence-electron chi connectivity index (χ4n) is 3.36. The molecule has 3 rings (SSSR count). The number of halogens is 4. The van der Waals surface area contributed by atoms with Gasteiger partial charge in [0.2, 0.25) is 11.8 Å². The van der Waals surface area contributed by atoms with Gasteiger partial charge in [0.25, 0.3) is 0 Å². The topological polar surface area (TPSA) is 40.6 Å². The summed E-state index contributed by atoms with van der Waals surface area (Å²) >= 11 is 0. The second kappa shape index (κ2) is 5.75. The summed E-state index contributed by atoms with van der Waals surface area (Å²) in [7, 11) is 0. The fraction of sp³-hybridized carbons (Fsp3) is 0.500. The van der Waals surface area contributed by atoms with Crippen LogP contribution in [0.25, 0.3) is 0 Å². The van der Waals surface area contributed by atoms with Crippen molar-refractivity contribution in [3.8, 4) is 0 Å². The number of carbonyl (C=O) groups is 2. The maximum atomic E-state index is 14.2. The van der Waals surface area contributed by atoms with E-state index in [2.05, 4.69) is 0 Å². The van der Waals surface area contributed by atoms with E-state index in [1.54, 1.807) is 0 Å². The zero-order chi connectivity index (χ0) is 17.6. The van der Waals surface area contributed by atoms with Crippen LogP contribution < -0.4 is 0 Å². The molecular weight excluding hydrogens is 328 g/mol. The van der Waals surface area contributed by atoms with E-state index in [-0.39, 0.29) is 23.9 Å². The summed E-state index contributed by atoms with van der Waals surface area (Å²) in [6.07, 6.45) is -3.57. The molecule has 0 radical (unpaired) electrons. The Morgan fingerprint density at radius 1 is 1.21 bits per heavy atom. The van der Waals surface area contributed by atoms with Gasteiger partial charge in [-0.1, -0.05) is 12.1 Å². The van der Waals surface area contributed by atoms with Crippen molar-refractivity contribution in [2.45, 2.75) is 44.6 Å². The molecule has 8 heteroatoms. The van der Waals surface area contributed by atoms with Gasteiger partial charge in [-0.25, -0.2) is 4.39 Å². The van der Waals surface area contributed by atoms with E-state index in [1.807, 2.05) is 0 Å². The van der Waals surface area contributed by atoms with Gasteiger partial charge in [-0.3, -0.25) is 9.59 Å². The molecule has 2 amide bonds. The Labute approximate surface area is 136 Å². The Hall–Kier alpha value is -2.12. The molecule has 2 aliphatic heterocycles. The average Bonchev–Trinajstić information content (AvgIpc) is 2.99. The SMILES string of the molecule is C[C@H]1C(=O)N2CCC[C@H]2C(=O)N1Cc1cccc(C(F)(F)F)c1F. The molecule has 0 aromatic heterocycles. The Kier molecular flexibility index (Phi) is 4.01. The molecule has 0 spiro atoms. The minimum absolute atomic E-state index is 0.246. The third kappa shape index (κ3) is 2.63. The lowest BCUT2D eigenvalue weighted by molar-refractivity contribution is -0.159. The highest BCUT2D eigenvalue weighted by molar-refractivity contribution is 5.97. The van der Waals surface area contributed by atoms with Crippen LogP contribution in [0, 0.1) is 5.82 Å². The molecule has 1 aromatic carbocycles. The molecule has 0 unspecified atom stereocenters. The third-order valence-electron chi connectivity index (χ3n) is 4.65. The van der Waals surface area contributed by atoms with Gasteiger partial charge in [0.05, 0.1) is 5.56 Å². The monoisotopic (exact) mass is 344 g/mol. The van der Waals surface area contributed by atoms with E-state index in [0.717, 1.165) is 6.07 Å². The summed E-state index contributed by atoms with van der Waals surface area (Å²) in [5.41, 5.74) is -1.62. The first kappa shape index (κ1) is 16.7. The Morgan fingerprint density at radius 3 is 2.58 bits per heavy atom. The number of carbonyl (C=O) groups excluding carboxylic acids is 2. The number of piperazine rings is 1. The molecule has 1 aromatic rings. The quantitative estimate of drug-likeness (QED) is 0.774. The molecule has 2 aliphatic rings. The van der Waals surface area contributed by atoms with Crippen molar-refractivity contribution in [1.29, 1.82) is 0 Å². The van der Waals surface area contributed by atoms with E-state index < -0.39 is 29.6 Å². The summed E-state index contributed by atoms with van der Waals surface area (Å²) in [6, 6.07) is 1.56. The number of nitrogens with zero attached hydrogens (tertiary/aromatic N) is 2. The van der Waals surface area contributed by atoms with Crippen molar-refractivity contribution in [3.63, 3.8) is 0 Å². The number of benzene rings is 1. The number of hydrogen-bond donors (Lipinski definition) is 0. The molecule has 2 heterocycles. The fourth-order valence-corrected chi connectivity index (χ4v) is 3.36. The first-order valence-electron chi connectivity index (χ1n) is 7.67. The van der Waals surface area contributed by atoms with Crippen molar-refractivity contribution in [3.05, 3.63) is 35.1 Å². The minimum atomic E-state index is -4.81. The van der Waals surface area contributed by atoms with E-state index in [4.69, 9.17) is 0 Å². The van der Waals surface area contributed by atoms with E-state index in [1.165, 1.54) is 22.8 Å². The van der Waals surface area contributed by atoms with Crippen LogP contribution >= 0.6 is 0 Å². The minimum Gasteiger partial charge on any atom is -0.329 e. The van der Waals surface area contributed by atoms with Crippen LogP contribution in [-0.2, 0) is 22.3 Å². The number of alkyl halides is 3. The lowest BCUT2D eigenvalue weighted by Crippen LogP contribution is -2.61. The number of hydrogen-bond acceptors (Lipinski definition) is 2. The zero-order valence-corrected chi connectivity index (χ0v) is 12.9. The second-order valence-electron chi connectivity index (χ2n) is 6.11. The van der Waals surface area contributed by atoms with Crippen LogP contribution in [0.2, 0.25) is 0 Å². The van der Waals surface area contributed by atoms with E-state index in [9.17, 15) is 27.2 Å². The highest BCUT2D eigenvalue weighted by Crippen LogP contribution is 2.34. The van der Waals surface area contributed by atoms with Crippen LogP contribution in [0.4, 0.5) is 17.6 Å². The molecule has 0 saturated carbocycles. The van der Waals surface area contributed by atoms with Gasteiger partial charge in [-0.2, -0.15) is 13.2 Å². The summed E-state index contributed by atoms with van der Waals surface area (Å²) in [5.74, 6) is -1.98. The molecule has 130 valence electrons. The highest BCUT2D eigenvalue weighted by Gasteiger charge is 2.46. The molecule has 0 N–H and O–H groups in total. The van der Waals surface area contributed by atoms with Gasteiger partial charge >= 0.3 is 6.18 Å². The predicted octanol–water partition coefficient (Wildman–Crippen LogP) is 2.57. The molecule has 2 fully saturated rings. The standard InChI is InChI=1S/C16H16F4N2O2/c1-9-14(23)21-7-3-6-12(21)15(24)22(9)8-10-4-2-5-11(13(10)17)16(18,19)20/h2,4-5,9,12H,3,6-8H2,1H3/t9-,12-/m0/s1. The summed E-state index contributed by atoms with van der Waals surface area (Å²) in [4.78, 5) is 27.6. The largest absolute Gasteiger partial charge is 0.419 e. The summed E-state index contributed by atoms with van der Waals surface area (Å²) in [6.45, 7) is 1.66. The van der Waals surface area contributed by atoms with Gasteiger partial charge in [-0.15, -0.1) is 0 Å². The molecule has 24 heavy (non-hydrogen) atoms. The van der Waals surface area contributed by atoms with Crippen LogP contribution in [-0.4, -0.2) is 40.2 Å². The molecule has 2 atom stereocenters. The lowest BCUT2D eigenvalue weighted by Gasteiger charge is -2.41. The first-order chi connectivity index (χ1) is 11.2. The maximum Gasteiger partial charge on any atom is 0.419 e. The zero-order valence-electron chi connectivity index (χ0n) is 12.9. The van der Waals surface area contributed by atoms with Crippen molar-refractivity contribution >= 4 is 11.8 Å². The van der Waals surface area contributed by atoms with E-state index >= 15 is 0 Å². The number of rotatable bonds is 2. The van der Waals surface area contributed by atoms with Crippen LogP contribution in [0.15, 0.2) is 18.2 Å². The van der Waals surface area contributed by atoms with Crippen molar-refractivity contribution in [2.24, 2.45) is 0 Å². The lowest BCUT2D eigenvalue weighted by atomic mass is 10.0. The normalized spacial score (nSPS) is 24.5. The number of fused-ring (bicyclic) bond motifs is 1. The second-order valence-corrected chi connectivity index (χ2v) is 6.11. The maximum absolute atomic E-state index is 14.2. The first-order valence-corrected chi connectivity index (χ1v) is 7.67. The average molecular weight is 344 g/mol. The Bertz CT molecular complexity index is 689. The van der Waals surface area contributed by atoms with Crippen molar-refractivity contribution < 1.29 is 27.2 Å². The van der Waals surface area contributed by atoms with Gasteiger partial charge in [0, 0.05) is 18.7 Å². The summed E-state index contributed by atoms with van der Waals surface area (Å²) in [5, 5.41) is 0. The van der Waals surface area contributed by atoms with Crippen LogP contribution in [0.5, 0.6) is 0 Å². The Balaban J connectivity index is 1.91. The molecule has 4 nitrogen and oxygen atoms in total. The van der Waals surface area contributed by atoms with Gasteiger partial charge < -0.3 is 9.80 Å². The Morgan fingerprint density at radius 2 is 1.92 bits per heavy atom. The molecule has 2 saturated heterocycles. The van der Waals surface area contributed by atoms with Crippen LogP contribution in [0.1, 0.15) is 30.9 Å². The molecule has 0 aliphatic carbocycles. The predicted molar refractivity (Wildman–Crippen MR) is 76.1 cm³/mol. The van der Waals surface area contributed by atoms with Crippen molar-refractivity contribution in [2.75, 3.05) is 6.54 Å². The molecule has 0 bridgehead atoms.